The zero-order valence-corrected chi connectivity index (χ0v) is 23.0. The lowest BCUT2D eigenvalue weighted by Crippen LogP contribution is -2.45. The van der Waals surface area contributed by atoms with Gasteiger partial charge < -0.3 is 25.2 Å². The molecule has 1 aromatic carbocycles. The number of para-hydroxylation sites is 1. The van der Waals surface area contributed by atoms with Gasteiger partial charge in [-0.15, -0.1) is 0 Å². The minimum absolute atomic E-state index is 0.160. The highest BCUT2D eigenvalue weighted by Crippen LogP contribution is 2.37. The molecule has 1 amide bonds. The Kier molecular flexibility index (Phi) is 6.61. The van der Waals surface area contributed by atoms with E-state index in [4.69, 9.17) is 15.2 Å². The van der Waals surface area contributed by atoms with Crippen molar-refractivity contribution in [3.63, 3.8) is 0 Å². The van der Waals surface area contributed by atoms with Gasteiger partial charge in [-0.1, -0.05) is 12.1 Å². The van der Waals surface area contributed by atoms with Crippen LogP contribution in [0.4, 0.5) is 10.6 Å². The average molecular weight is 546 g/mol. The number of nitrogens with two attached hydrogens (primary N) is 1. The number of hydrogen-bond acceptors (Lipinski definition) is 8. The first-order chi connectivity index (χ1) is 19.1. The van der Waals surface area contributed by atoms with E-state index in [1.54, 1.807) is 23.2 Å². The van der Waals surface area contributed by atoms with Crippen LogP contribution in [0.15, 0.2) is 49.1 Å². The number of piperidine rings is 1. The van der Waals surface area contributed by atoms with Crippen LogP contribution in [0, 0.1) is 0 Å². The van der Waals surface area contributed by atoms with Crippen LogP contribution in [0.1, 0.15) is 52.5 Å². The number of ether oxygens (including phenoxy) is 2. The molecule has 1 saturated heterocycles. The number of aromatic nitrogens is 5. The van der Waals surface area contributed by atoms with Crippen molar-refractivity contribution in [3.05, 3.63) is 49.1 Å². The zero-order chi connectivity index (χ0) is 28.0. The van der Waals surface area contributed by atoms with Crippen LogP contribution in [0.25, 0.3) is 28.2 Å². The first-order valence-corrected chi connectivity index (χ1v) is 13.7. The Hall–Kier alpha value is -4.12. The van der Waals surface area contributed by atoms with E-state index in [2.05, 4.69) is 15.1 Å². The number of hydrogen-bond donors (Lipinski definition) is 2. The van der Waals surface area contributed by atoms with E-state index in [1.807, 2.05) is 60.6 Å². The molecule has 1 aliphatic heterocycles. The van der Waals surface area contributed by atoms with Crippen LogP contribution in [0.5, 0.6) is 5.75 Å². The number of carbonyl (C=O) groups is 1. The van der Waals surface area contributed by atoms with Crippen molar-refractivity contribution >= 4 is 17.7 Å². The van der Waals surface area contributed by atoms with Crippen molar-refractivity contribution in [1.82, 2.24) is 29.0 Å². The molecule has 6 rings (SSSR count). The molecule has 0 bridgehead atoms. The molecule has 0 unspecified atom stereocenters. The molecular weight excluding hydrogens is 510 g/mol. The largest absolute Gasteiger partial charge is 0.507 e. The van der Waals surface area contributed by atoms with Gasteiger partial charge in [-0.25, -0.2) is 9.78 Å². The summed E-state index contributed by atoms with van der Waals surface area (Å²) < 4.78 is 15.6. The molecule has 1 aliphatic carbocycles. The molecule has 2 aliphatic rings. The number of nitrogens with zero attached hydrogens (tertiary/aromatic N) is 6. The zero-order valence-electron chi connectivity index (χ0n) is 23.0. The normalized spacial score (nSPS) is 20.0. The minimum atomic E-state index is -0.483. The number of rotatable bonds is 5. The predicted octanol–water partition coefficient (Wildman–Crippen LogP) is 4.67. The highest BCUT2D eigenvalue weighted by molar-refractivity contribution is 5.75. The van der Waals surface area contributed by atoms with E-state index < -0.39 is 5.60 Å². The van der Waals surface area contributed by atoms with Gasteiger partial charge in [0.2, 0.25) is 5.78 Å². The standard InChI is InChI=1S/C29H35N7O4/c1-29(2,3)40-28(38)34-10-8-20(9-11-34)39-21-12-19(13-21)36-15-18(14-31-36)23-16-35-17-24(32-27(35)33-26(23)30)22-6-4-5-7-25(22)37/h4-7,14-17,19-21,37H,8-13H2,1-3H3,(H2,30,32,33)/t19-,21-. The molecule has 4 aromatic rings. The third-order valence-corrected chi connectivity index (χ3v) is 7.49. The van der Waals surface area contributed by atoms with Gasteiger partial charge in [0.25, 0.3) is 0 Å². The van der Waals surface area contributed by atoms with Crippen molar-refractivity contribution in [3.8, 4) is 28.1 Å². The molecule has 40 heavy (non-hydrogen) atoms. The topological polar surface area (TPSA) is 133 Å². The molecule has 3 N–H and O–H groups in total. The number of imidazole rings is 1. The summed E-state index contributed by atoms with van der Waals surface area (Å²) in [5.74, 6) is 0.992. The molecule has 0 radical (unpaired) electrons. The van der Waals surface area contributed by atoms with Crippen LogP contribution in [0.2, 0.25) is 0 Å². The summed E-state index contributed by atoms with van der Waals surface area (Å²) >= 11 is 0. The number of nitrogen functional groups attached to an aromatic ring is 1. The quantitative estimate of drug-likeness (QED) is 0.370. The van der Waals surface area contributed by atoms with Gasteiger partial charge in [-0.2, -0.15) is 10.1 Å². The highest BCUT2D eigenvalue weighted by Gasteiger charge is 2.35. The number of amides is 1. The predicted molar refractivity (Wildman–Crippen MR) is 150 cm³/mol. The summed E-state index contributed by atoms with van der Waals surface area (Å²) in [6.07, 6.45) is 11.1. The van der Waals surface area contributed by atoms with Gasteiger partial charge in [-0.3, -0.25) is 9.08 Å². The SMILES string of the molecule is CC(C)(C)OC(=O)N1CCC(O[C@H]2C[C@H](n3cc(-c4cn5cc(-c6ccccc6O)nc5nc4N)cn3)C2)CC1. The smallest absolute Gasteiger partial charge is 0.410 e. The Bertz CT molecular complexity index is 1520. The fourth-order valence-corrected chi connectivity index (χ4v) is 5.29. The van der Waals surface area contributed by atoms with Crippen LogP contribution in [0.3, 0.4) is 0 Å². The first-order valence-electron chi connectivity index (χ1n) is 13.7. The maximum atomic E-state index is 12.3. The number of likely N-dealkylation sites (tertiary alicyclic amines) is 1. The summed E-state index contributed by atoms with van der Waals surface area (Å²) in [4.78, 5) is 23.1. The Morgan fingerprint density at radius 3 is 2.50 bits per heavy atom. The van der Waals surface area contributed by atoms with Gasteiger partial charge >= 0.3 is 6.09 Å². The summed E-state index contributed by atoms with van der Waals surface area (Å²) in [5, 5.41) is 14.8. The van der Waals surface area contributed by atoms with Crippen molar-refractivity contribution in [2.45, 2.75) is 70.3 Å². The van der Waals surface area contributed by atoms with E-state index in [0.29, 0.717) is 35.9 Å². The van der Waals surface area contributed by atoms with Crippen LogP contribution >= 0.6 is 0 Å². The molecule has 0 spiro atoms. The van der Waals surface area contributed by atoms with E-state index in [-0.39, 0.29) is 30.1 Å². The second kappa shape index (κ2) is 10.1. The molecule has 0 atom stereocenters. The van der Waals surface area contributed by atoms with Crippen LogP contribution < -0.4 is 5.73 Å². The van der Waals surface area contributed by atoms with Gasteiger partial charge in [0.05, 0.1) is 30.1 Å². The summed E-state index contributed by atoms with van der Waals surface area (Å²) in [5.41, 5.74) is 8.73. The van der Waals surface area contributed by atoms with Crippen molar-refractivity contribution in [2.24, 2.45) is 0 Å². The fourth-order valence-electron chi connectivity index (χ4n) is 5.29. The van der Waals surface area contributed by atoms with Gasteiger partial charge in [-0.05, 0) is 58.6 Å². The molecule has 11 heteroatoms. The summed E-state index contributed by atoms with van der Waals surface area (Å²) in [6, 6.07) is 7.33. The number of phenolic OH excluding ortho intramolecular Hbond substituents is 1. The fraction of sp³-hybridized carbons (Fsp3) is 0.448. The summed E-state index contributed by atoms with van der Waals surface area (Å²) in [7, 11) is 0. The van der Waals surface area contributed by atoms with E-state index in [9.17, 15) is 9.90 Å². The minimum Gasteiger partial charge on any atom is -0.507 e. The molecular formula is C29H35N7O4. The Morgan fingerprint density at radius 2 is 1.77 bits per heavy atom. The van der Waals surface area contributed by atoms with E-state index in [1.165, 1.54) is 0 Å². The third-order valence-electron chi connectivity index (χ3n) is 7.49. The van der Waals surface area contributed by atoms with Gasteiger partial charge in [0, 0.05) is 48.4 Å². The lowest BCUT2D eigenvalue weighted by Gasteiger charge is -2.40. The monoisotopic (exact) mass is 545 g/mol. The van der Waals surface area contributed by atoms with E-state index in [0.717, 1.165) is 36.8 Å². The Labute approximate surface area is 232 Å². The third kappa shape index (κ3) is 5.33. The molecule has 2 fully saturated rings. The second-order valence-corrected chi connectivity index (χ2v) is 11.6. The number of carbonyl (C=O) groups excluding carboxylic acids is 1. The van der Waals surface area contributed by atoms with Gasteiger partial charge in [0.1, 0.15) is 17.2 Å². The molecule has 210 valence electrons. The number of phenols is 1. The average Bonchev–Trinajstić information content (AvgIpc) is 3.52. The lowest BCUT2D eigenvalue weighted by molar-refractivity contribution is -0.0919. The Morgan fingerprint density at radius 1 is 1.02 bits per heavy atom. The van der Waals surface area contributed by atoms with Crippen molar-refractivity contribution < 1.29 is 19.4 Å². The van der Waals surface area contributed by atoms with Crippen LogP contribution in [-0.2, 0) is 9.47 Å². The second-order valence-electron chi connectivity index (χ2n) is 11.6. The number of benzene rings is 1. The summed E-state index contributed by atoms with van der Waals surface area (Å²) in [6.45, 7) is 6.96. The maximum Gasteiger partial charge on any atom is 0.410 e. The lowest BCUT2D eigenvalue weighted by atomic mass is 9.89. The van der Waals surface area contributed by atoms with Crippen molar-refractivity contribution in [2.75, 3.05) is 18.8 Å². The number of anilines is 1. The van der Waals surface area contributed by atoms with Gasteiger partial charge in [0.15, 0.2) is 0 Å². The number of aromatic hydroxyl groups is 1. The Balaban J connectivity index is 1.05. The molecule has 4 heterocycles. The molecule has 1 saturated carbocycles. The molecule has 11 nitrogen and oxygen atoms in total. The van der Waals surface area contributed by atoms with E-state index >= 15 is 0 Å². The number of fused-ring (bicyclic) bond motifs is 1. The first kappa shape index (κ1) is 26.1. The highest BCUT2D eigenvalue weighted by atomic mass is 16.6. The molecule has 3 aromatic heterocycles. The maximum absolute atomic E-state index is 12.3. The van der Waals surface area contributed by atoms with Crippen molar-refractivity contribution in [1.29, 1.82) is 0 Å². The van der Waals surface area contributed by atoms with Crippen LogP contribution in [-0.4, -0.2) is 71.1 Å².